The fourth-order valence-corrected chi connectivity index (χ4v) is 2.72. The molecule has 2 rings (SSSR count). The van der Waals surface area contributed by atoms with Gasteiger partial charge in [0.25, 0.3) is 0 Å². The van der Waals surface area contributed by atoms with Gasteiger partial charge in [-0.25, -0.2) is 0 Å². The first-order valence-electron chi connectivity index (χ1n) is 7.18. The van der Waals surface area contributed by atoms with E-state index < -0.39 is 0 Å². The summed E-state index contributed by atoms with van der Waals surface area (Å²) in [6.45, 7) is 2.24. The standard InChI is InChI=1S/C15H21N3O2S/c1-10-4-2-3-5-12(10)17-15(21)18-16-9-11-6-7-13(19)14(20)8-11/h6-10,12,19-20H,2-5H2,1H3,(H2,17,18,21)/b16-9+/t10-,12+/m1/s1. The molecular formula is C15H21N3O2S. The molecule has 0 aliphatic heterocycles. The molecule has 0 heterocycles. The van der Waals surface area contributed by atoms with Gasteiger partial charge in [-0.15, -0.1) is 0 Å². The zero-order valence-electron chi connectivity index (χ0n) is 12.0. The third-order valence-electron chi connectivity index (χ3n) is 3.81. The molecule has 1 aliphatic rings. The number of thiocarbonyl (C=S) groups is 1. The van der Waals surface area contributed by atoms with Gasteiger partial charge in [0.05, 0.1) is 6.21 Å². The van der Waals surface area contributed by atoms with E-state index in [0.717, 1.165) is 6.42 Å². The minimum Gasteiger partial charge on any atom is -0.504 e. The lowest BCUT2D eigenvalue weighted by Gasteiger charge is -2.30. The number of phenols is 2. The maximum Gasteiger partial charge on any atom is 0.187 e. The van der Waals surface area contributed by atoms with Crippen LogP contribution in [0.4, 0.5) is 0 Å². The molecule has 0 saturated heterocycles. The van der Waals surface area contributed by atoms with Gasteiger partial charge in [0.2, 0.25) is 0 Å². The summed E-state index contributed by atoms with van der Waals surface area (Å²) in [7, 11) is 0. The Labute approximate surface area is 130 Å². The summed E-state index contributed by atoms with van der Waals surface area (Å²) in [6, 6.07) is 4.91. The van der Waals surface area contributed by atoms with Crippen LogP contribution in [0.15, 0.2) is 23.3 Å². The molecule has 1 saturated carbocycles. The van der Waals surface area contributed by atoms with Gasteiger partial charge in [0.1, 0.15) is 0 Å². The van der Waals surface area contributed by atoms with Crippen LogP contribution in [0.2, 0.25) is 0 Å². The van der Waals surface area contributed by atoms with E-state index in [1.165, 1.54) is 37.6 Å². The van der Waals surface area contributed by atoms with E-state index in [-0.39, 0.29) is 11.5 Å². The van der Waals surface area contributed by atoms with Gasteiger partial charge in [0.15, 0.2) is 16.6 Å². The van der Waals surface area contributed by atoms with E-state index in [4.69, 9.17) is 12.2 Å². The van der Waals surface area contributed by atoms with E-state index in [1.54, 1.807) is 6.07 Å². The maximum atomic E-state index is 9.38. The molecule has 6 heteroatoms. The van der Waals surface area contributed by atoms with E-state index in [1.807, 2.05) is 0 Å². The van der Waals surface area contributed by atoms with Crippen molar-refractivity contribution < 1.29 is 10.2 Å². The number of benzene rings is 1. The lowest BCUT2D eigenvalue weighted by Crippen LogP contribution is -2.44. The number of aromatic hydroxyl groups is 2. The molecule has 0 aromatic heterocycles. The van der Waals surface area contributed by atoms with Gasteiger partial charge >= 0.3 is 0 Å². The normalized spacial score (nSPS) is 22.1. The minimum absolute atomic E-state index is 0.149. The van der Waals surface area contributed by atoms with Crippen molar-refractivity contribution in [2.45, 2.75) is 38.6 Å². The summed E-state index contributed by atoms with van der Waals surface area (Å²) in [4.78, 5) is 0. The second-order valence-corrected chi connectivity index (χ2v) is 5.87. The molecule has 0 amide bonds. The molecule has 5 nitrogen and oxygen atoms in total. The van der Waals surface area contributed by atoms with Crippen LogP contribution in [0, 0.1) is 5.92 Å². The highest BCUT2D eigenvalue weighted by Crippen LogP contribution is 2.24. The first-order chi connectivity index (χ1) is 10.1. The second kappa shape index (κ2) is 7.26. The van der Waals surface area contributed by atoms with Gasteiger partial charge in [0, 0.05) is 6.04 Å². The topological polar surface area (TPSA) is 76.9 Å². The third-order valence-corrected chi connectivity index (χ3v) is 4.02. The average molecular weight is 307 g/mol. The number of hydrazone groups is 1. The average Bonchev–Trinajstić information content (AvgIpc) is 2.45. The summed E-state index contributed by atoms with van der Waals surface area (Å²) in [6.07, 6.45) is 6.44. The Morgan fingerprint density at radius 1 is 1.29 bits per heavy atom. The molecule has 0 unspecified atom stereocenters. The van der Waals surface area contributed by atoms with Crippen LogP contribution in [-0.4, -0.2) is 27.6 Å². The second-order valence-electron chi connectivity index (χ2n) is 5.46. The molecule has 1 fully saturated rings. The number of hydrogen-bond acceptors (Lipinski definition) is 4. The van der Waals surface area contributed by atoms with E-state index in [0.29, 0.717) is 22.6 Å². The van der Waals surface area contributed by atoms with Crippen molar-refractivity contribution in [1.29, 1.82) is 0 Å². The van der Waals surface area contributed by atoms with Crippen molar-refractivity contribution in [3.05, 3.63) is 23.8 Å². The molecule has 21 heavy (non-hydrogen) atoms. The van der Waals surface area contributed by atoms with Crippen molar-refractivity contribution in [3.63, 3.8) is 0 Å². The van der Waals surface area contributed by atoms with Crippen molar-refractivity contribution >= 4 is 23.5 Å². The van der Waals surface area contributed by atoms with Gasteiger partial charge in [-0.2, -0.15) is 5.10 Å². The van der Waals surface area contributed by atoms with Crippen LogP contribution in [0.25, 0.3) is 0 Å². The highest BCUT2D eigenvalue weighted by atomic mass is 32.1. The highest BCUT2D eigenvalue weighted by molar-refractivity contribution is 7.80. The molecule has 1 aromatic rings. The number of nitrogens with one attached hydrogen (secondary N) is 2. The van der Waals surface area contributed by atoms with Gasteiger partial charge in [-0.3, -0.25) is 5.43 Å². The maximum absolute atomic E-state index is 9.38. The summed E-state index contributed by atoms with van der Waals surface area (Å²) < 4.78 is 0. The number of rotatable bonds is 3. The van der Waals surface area contributed by atoms with Gasteiger partial charge in [-0.05, 0) is 54.7 Å². The van der Waals surface area contributed by atoms with Gasteiger partial charge in [-0.1, -0.05) is 19.8 Å². The molecule has 0 radical (unpaired) electrons. The predicted molar refractivity (Wildman–Crippen MR) is 87.7 cm³/mol. The molecule has 114 valence electrons. The Balaban J connectivity index is 1.82. The van der Waals surface area contributed by atoms with Crippen LogP contribution in [0.5, 0.6) is 11.5 Å². The summed E-state index contributed by atoms with van der Waals surface area (Å²) in [5.74, 6) is 0.302. The van der Waals surface area contributed by atoms with Crippen LogP contribution in [0.1, 0.15) is 38.2 Å². The zero-order chi connectivity index (χ0) is 15.2. The zero-order valence-corrected chi connectivity index (χ0v) is 12.9. The van der Waals surface area contributed by atoms with E-state index in [2.05, 4.69) is 22.8 Å². The SMILES string of the molecule is C[C@@H]1CCCC[C@@H]1NC(=S)N/N=C/c1ccc(O)c(O)c1. The largest absolute Gasteiger partial charge is 0.504 e. The predicted octanol–water partition coefficient (Wildman–Crippen LogP) is 2.47. The summed E-state index contributed by atoms with van der Waals surface area (Å²) in [5.41, 5.74) is 3.45. The molecule has 1 aliphatic carbocycles. The Kier molecular flexibility index (Phi) is 5.38. The molecule has 0 spiro atoms. The van der Waals surface area contributed by atoms with Crippen molar-refractivity contribution in [2.24, 2.45) is 11.0 Å². The molecule has 0 bridgehead atoms. The fraction of sp³-hybridized carbons (Fsp3) is 0.467. The summed E-state index contributed by atoms with van der Waals surface area (Å²) in [5, 5.41) is 26.4. The van der Waals surface area contributed by atoms with Crippen molar-refractivity contribution in [3.8, 4) is 11.5 Å². The summed E-state index contributed by atoms with van der Waals surface area (Å²) >= 11 is 5.22. The Morgan fingerprint density at radius 3 is 2.76 bits per heavy atom. The van der Waals surface area contributed by atoms with E-state index in [9.17, 15) is 10.2 Å². The Morgan fingerprint density at radius 2 is 2.05 bits per heavy atom. The van der Waals surface area contributed by atoms with E-state index >= 15 is 0 Å². The van der Waals surface area contributed by atoms with Crippen molar-refractivity contribution in [1.82, 2.24) is 10.7 Å². The van der Waals surface area contributed by atoms with Crippen LogP contribution in [-0.2, 0) is 0 Å². The Bertz CT molecular complexity index is 534. The van der Waals surface area contributed by atoms with Gasteiger partial charge < -0.3 is 15.5 Å². The lowest BCUT2D eigenvalue weighted by molar-refractivity contribution is 0.308. The van der Waals surface area contributed by atoms with Crippen LogP contribution >= 0.6 is 12.2 Å². The van der Waals surface area contributed by atoms with Crippen LogP contribution in [0.3, 0.4) is 0 Å². The Hall–Kier alpha value is -1.82. The molecular weight excluding hydrogens is 286 g/mol. The quantitative estimate of drug-likeness (QED) is 0.299. The lowest BCUT2D eigenvalue weighted by atomic mass is 9.86. The monoisotopic (exact) mass is 307 g/mol. The molecule has 2 atom stereocenters. The number of phenolic OH excluding ortho intramolecular Hbond substituents is 2. The number of nitrogens with zero attached hydrogens (tertiary/aromatic N) is 1. The number of hydrogen-bond donors (Lipinski definition) is 4. The smallest absolute Gasteiger partial charge is 0.187 e. The molecule has 4 N–H and O–H groups in total. The third kappa shape index (κ3) is 4.60. The van der Waals surface area contributed by atoms with Crippen LogP contribution < -0.4 is 10.7 Å². The minimum atomic E-state index is -0.171. The first-order valence-corrected chi connectivity index (χ1v) is 7.58. The highest BCUT2D eigenvalue weighted by Gasteiger charge is 2.21. The van der Waals surface area contributed by atoms with Crippen molar-refractivity contribution in [2.75, 3.05) is 0 Å². The molecule has 1 aromatic carbocycles. The fourth-order valence-electron chi connectivity index (χ4n) is 2.52. The first kappa shape index (κ1) is 15.6.